The number of oxime groups is 1. The van der Waals surface area contributed by atoms with Gasteiger partial charge in [-0.1, -0.05) is 5.16 Å². The van der Waals surface area contributed by atoms with Crippen LogP contribution in [0.2, 0.25) is 0 Å². The van der Waals surface area contributed by atoms with Crippen molar-refractivity contribution in [2.24, 2.45) is 10.9 Å². The fourth-order valence-electron chi connectivity index (χ4n) is 2.20. The summed E-state index contributed by atoms with van der Waals surface area (Å²) >= 11 is 1.70. The van der Waals surface area contributed by atoms with Gasteiger partial charge in [-0.25, -0.2) is 4.98 Å². The van der Waals surface area contributed by atoms with E-state index in [2.05, 4.69) is 10.1 Å². The van der Waals surface area contributed by atoms with Gasteiger partial charge in [0, 0.05) is 24.2 Å². The number of pyridine rings is 1. The Bertz CT molecular complexity index is 485. The molecule has 0 amide bonds. The summed E-state index contributed by atoms with van der Waals surface area (Å²) in [6.07, 6.45) is 2.02. The molecule has 1 aliphatic rings. The Morgan fingerprint density at radius 3 is 2.79 bits per heavy atom. The fraction of sp³-hybridized carbons (Fsp3) is 0.538. The van der Waals surface area contributed by atoms with E-state index in [0.29, 0.717) is 5.25 Å². The van der Waals surface area contributed by atoms with Gasteiger partial charge in [0.05, 0.1) is 5.56 Å². The Morgan fingerprint density at radius 2 is 2.16 bits per heavy atom. The van der Waals surface area contributed by atoms with Crippen molar-refractivity contribution in [1.82, 2.24) is 4.98 Å². The van der Waals surface area contributed by atoms with Gasteiger partial charge in [0.2, 0.25) is 0 Å². The van der Waals surface area contributed by atoms with Crippen molar-refractivity contribution in [3.8, 4) is 0 Å². The third kappa shape index (κ3) is 3.39. The molecule has 1 fully saturated rings. The summed E-state index contributed by atoms with van der Waals surface area (Å²) in [7, 11) is 0. The van der Waals surface area contributed by atoms with Crippen LogP contribution in [0.25, 0.3) is 0 Å². The van der Waals surface area contributed by atoms with Crippen molar-refractivity contribution in [3.63, 3.8) is 0 Å². The summed E-state index contributed by atoms with van der Waals surface area (Å²) < 4.78 is 5.36. The van der Waals surface area contributed by atoms with Crippen molar-refractivity contribution in [2.45, 2.75) is 37.0 Å². The highest BCUT2D eigenvalue weighted by molar-refractivity contribution is 7.99. The second-order valence-corrected chi connectivity index (χ2v) is 5.96. The van der Waals surface area contributed by atoms with E-state index in [0.717, 1.165) is 47.9 Å². The van der Waals surface area contributed by atoms with Crippen molar-refractivity contribution >= 4 is 17.6 Å². The molecule has 3 N–H and O–H groups in total. The maximum atomic E-state index is 8.92. The lowest BCUT2D eigenvalue weighted by Gasteiger charge is -2.22. The van der Waals surface area contributed by atoms with E-state index >= 15 is 0 Å². The molecular weight excluding hydrogens is 262 g/mol. The molecule has 1 aromatic heterocycles. The summed E-state index contributed by atoms with van der Waals surface area (Å²) in [6, 6.07) is 1.95. The number of hydrogen-bond donors (Lipinski definition) is 2. The lowest BCUT2D eigenvalue weighted by molar-refractivity contribution is 0.1000. The molecule has 19 heavy (non-hydrogen) atoms. The molecule has 0 aromatic carbocycles. The molecule has 0 spiro atoms. The first-order valence-electron chi connectivity index (χ1n) is 6.32. The molecular formula is C13H19N3O2S. The van der Waals surface area contributed by atoms with E-state index in [1.54, 1.807) is 11.8 Å². The third-order valence-corrected chi connectivity index (χ3v) is 4.45. The second-order valence-electron chi connectivity index (χ2n) is 4.68. The minimum Gasteiger partial charge on any atom is -0.409 e. The molecule has 2 rings (SSSR count). The van der Waals surface area contributed by atoms with Crippen LogP contribution in [0.3, 0.4) is 0 Å². The highest BCUT2D eigenvalue weighted by Crippen LogP contribution is 2.32. The van der Waals surface area contributed by atoms with Crippen LogP contribution in [0.4, 0.5) is 0 Å². The molecule has 1 saturated heterocycles. The summed E-state index contributed by atoms with van der Waals surface area (Å²) in [4.78, 5) is 4.55. The first-order valence-corrected chi connectivity index (χ1v) is 7.20. The van der Waals surface area contributed by atoms with Gasteiger partial charge in [-0.15, -0.1) is 11.8 Å². The molecule has 0 unspecified atom stereocenters. The quantitative estimate of drug-likeness (QED) is 0.383. The van der Waals surface area contributed by atoms with E-state index in [9.17, 15) is 0 Å². The van der Waals surface area contributed by atoms with Crippen LogP contribution in [-0.4, -0.2) is 34.5 Å². The average Bonchev–Trinajstić information content (AvgIpc) is 2.38. The predicted octanol–water partition coefficient (Wildman–Crippen LogP) is 2.06. The molecule has 0 saturated carbocycles. The van der Waals surface area contributed by atoms with E-state index in [1.807, 2.05) is 19.9 Å². The Kier molecular flexibility index (Phi) is 4.66. The van der Waals surface area contributed by atoms with Gasteiger partial charge in [0.1, 0.15) is 5.03 Å². The summed E-state index contributed by atoms with van der Waals surface area (Å²) in [5.41, 5.74) is 8.44. The van der Waals surface area contributed by atoms with Crippen LogP contribution in [-0.2, 0) is 4.74 Å². The van der Waals surface area contributed by atoms with Gasteiger partial charge in [0.15, 0.2) is 5.84 Å². The molecule has 1 aromatic rings. The van der Waals surface area contributed by atoms with Gasteiger partial charge >= 0.3 is 0 Å². The van der Waals surface area contributed by atoms with Gasteiger partial charge in [-0.05, 0) is 38.3 Å². The molecule has 6 heteroatoms. The first kappa shape index (κ1) is 14.1. The largest absolute Gasteiger partial charge is 0.409 e. The number of aryl methyl sites for hydroxylation is 2. The fourth-order valence-corrected chi connectivity index (χ4v) is 3.53. The lowest BCUT2D eigenvalue weighted by Crippen LogP contribution is -2.20. The number of aromatic nitrogens is 1. The van der Waals surface area contributed by atoms with E-state index in [-0.39, 0.29) is 5.84 Å². The second kappa shape index (κ2) is 6.25. The number of rotatable bonds is 3. The molecule has 2 heterocycles. The average molecular weight is 281 g/mol. The minimum atomic E-state index is 0.125. The van der Waals surface area contributed by atoms with E-state index in [1.165, 1.54) is 0 Å². The maximum absolute atomic E-state index is 8.92. The normalized spacial score (nSPS) is 17.7. The number of ether oxygens (including phenoxy) is 1. The Hall–Kier alpha value is -1.27. The van der Waals surface area contributed by atoms with Gasteiger partial charge in [0.25, 0.3) is 0 Å². The van der Waals surface area contributed by atoms with E-state index < -0.39 is 0 Å². The number of nitrogens with zero attached hydrogens (tertiary/aromatic N) is 2. The van der Waals surface area contributed by atoms with Gasteiger partial charge in [-0.2, -0.15) is 0 Å². The third-order valence-electron chi connectivity index (χ3n) is 3.12. The Labute approximate surface area is 117 Å². The minimum absolute atomic E-state index is 0.125. The van der Waals surface area contributed by atoms with Crippen molar-refractivity contribution in [3.05, 3.63) is 22.9 Å². The molecule has 1 aliphatic heterocycles. The monoisotopic (exact) mass is 281 g/mol. The molecule has 0 bridgehead atoms. The molecule has 0 aliphatic carbocycles. The molecule has 104 valence electrons. The highest BCUT2D eigenvalue weighted by atomic mass is 32.2. The zero-order valence-corrected chi connectivity index (χ0v) is 12.0. The smallest absolute Gasteiger partial charge is 0.173 e. The number of hydrogen-bond acceptors (Lipinski definition) is 5. The zero-order valence-electron chi connectivity index (χ0n) is 11.2. The summed E-state index contributed by atoms with van der Waals surface area (Å²) in [5, 5.41) is 13.4. The number of nitrogens with two attached hydrogens (primary N) is 1. The maximum Gasteiger partial charge on any atom is 0.173 e. The standard InChI is InChI=1S/C13H19N3O2S/c1-8-7-9(2)15-13(11(8)12(14)16-17)19-10-3-5-18-6-4-10/h7,10,17H,3-6H2,1-2H3,(H2,14,16). The van der Waals surface area contributed by atoms with Crippen LogP contribution < -0.4 is 5.73 Å². The highest BCUT2D eigenvalue weighted by Gasteiger charge is 2.20. The van der Waals surface area contributed by atoms with Crippen molar-refractivity contribution < 1.29 is 9.94 Å². The molecule has 5 nitrogen and oxygen atoms in total. The van der Waals surface area contributed by atoms with Gasteiger partial charge in [-0.3, -0.25) is 0 Å². The summed E-state index contributed by atoms with van der Waals surface area (Å²) in [6.45, 7) is 5.50. The van der Waals surface area contributed by atoms with Crippen LogP contribution in [0.15, 0.2) is 16.2 Å². The topological polar surface area (TPSA) is 80.7 Å². The van der Waals surface area contributed by atoms with Crippen LogP contribution in [0.1, 0.15) is 29.7 Å². The molecule has 0 radical (unpaired) electrons. The first-order chi connectivity index (χ1) is 9.11. The van der Waals surface area contributed by atoms with Gasteiger partial charge < -0.3 is 15.7 Å². The predicted molar refractivity (Wildman–Crippen MR) is 75.9 cm³/mol. The van der Waals surface area contributed by atoms with Crippen molar-refractivity contribution in [2.75, 3.05) is 13.2 Å². The zero-order chi connectivity index (χ0) is 13.8. The lowest BCUT2D eigenvalue weighted by atomic mass is 10.1. The van der Waals surface area contributed by atoms with E-state index in [4.69, 9.17) is 15.7 Å². The van der Waals surface area contributed by atoms with Crippen molar-refractivity contribution in [1.29, 1.82) is 0 Å². The summed E-state index contributed by atoms with van der Waals surface area (Å²) in [5.74, 6) is 0.125. The van der Waals surface area contributed by atoms with Crippen LogP contribution in [0.5, 0.6) is 0 Å². The van der Waals surface area contributed by atoms with Crippen LogP contribution >= 0.6 is 11.8 Å². The number of amidine groups is 1. The van der Waals surface area contributed by atoms with Crippen LogP contribution in [0, 0.1) is 13.8 Å². The molecule has 0 atom stereocenters. The Morgan fingerprint density at radius 1 is 1.47 bits per heavy atom. The SMILES string of the molecule is Cc1cc(C)c(C(N)=NO)c(SC2CCOCC2)n1. The number of thioether (sulfide) groups is 1. The Balaban J connectivity index is 2.31.